The Bertz CT molecular complexity index is 475. The third kappa shape index (κ3) is 5.91. The van der Waals surface area contributed by atoms with Crippen molar-refractivity contribution in [3.05, 3.63) is 29.8 Å². The molecule has 0 radical (unpaired) electrons. The smallest absolute Gasteiger partial charge is 0.306 e. The van der Waals surface area contributed by atoms with Crippen molar-refractivity contribution in [1.82, 2.24) is 0 Å². The van der Waals surface area contributed by atoms with Gasteiger partial charge >= 0.3 is 5.97 Å². The van der Waals surface area contributed by atoms with E-state index >= 15 is 0 Å². The number of benzene rings is 1. The minimum Gasteiger partial charge on any atom is -0.481 e. The number of hydrogen-bond acceptors (Lipinski definition) is 4. The third-order valence-corrected chi connectivity index (χ3v) is 3.32. The molecule has 0 amide bonds. The number of Topliss-reactive ketones (excluding diaryl/α,β-unsaturated/α-hetero) is 1. The van der Waals surface area contributed by atoms with Gasteiger partial charge in [0.1, 0.15) is 11.5 Å². The van der Waals surface area contributed by atoms with Gasteiger partial charge in [-0.2, -0.15) is 0 Å². The van der Waals surface area contributed by atoms with Crippen LogP contribution in [0.2, 0.25) is 0 Å². The van der Waals surface area contributed by atoms with Gasteiger partial charge in [-0.1, -0.05) is 12.1 Å². The number of nitrogens with two attached hydrogens (primary N) is 1. The average molecular weight is 297 g/mol. The molecule has 0 saturated carbocycles. The fraction of sp³-hybridized carbons (Fsp3) is 0.467. The quantitative estimate of drug-likeness (QED) is 0.727. The largest absolute Gasteiger partial charge is 0.481 e. The molecular weight excluding hydrogens is 277 g/mol. The minimum atomic E-state index is -0.921. The van der Waals surface area contributed by atoms with E-state index in [-0.39, 0.29) is 5.78 Å². The lowest BCUT2D eigenvalue weighted by Crippen LogP contribution is -2.30. The molecule has 2 atom stereocenters. The Morgan fingerprint density at radius 3 is 2.38 bits per heavy atom. The molecule has 0 aromatic heterocycles. The Morgan fingerprint density at radius 2 is 1.90 bits per heavy atom. The molecular formula is C15H20FNO4. The maximum atomic E-state index is 12.0. The third-order valence-electron chi connectivity index (χ3n) is 3.32. The lowest BCUT2D eigenvalue weighted by atomic mass is 9.92. The number of ether oxygens (including phenoxy) is 1. The number of ketones is 1. The number of aliphatic carboxylic acids is 1. The second-order valence-electron chi connectivity index (χ2n) is 4.93. The molecule has 0 saturated heterocycles. The Morgan fingerprint density at radius 1 is 1.29 bits per heavy atom. The summed E-state index contributed by atoms with van der Waals surface area (Å²) in [5.41, 5.74) is 6.43. The Balaban J connectivity index is 2.61. The average Bonchev–Trinajstić information content (AvgIpc) is 2.44. The molecule has 6 heteroatoms. The topological polar surface area (TPSA) is 89.6 Å². The van der Waals surface area contributed by atoms with Crippen LogP contribution in [0.15, 0.2) is 24.3 Å². The van der Waals surface area contributed by atoms with E-state index in [1.54, 1.807) is 24.3 Å². The summed E-state index contributed by atoms with van der Waals surface area (Å²) >= 11 is 0. The number of carboxylic acid groups (broad SMARTS) is 1. The molecule has 1 aromatic rings. The molecule has 1 aromatic carbocycles. The first-order chi connectivity index (χ1) is 9.93. The summed E-state index contributed by atoms with van der Waals surface area (Å²) in [6.07, 6.45) is 1.00. The molecule has 0 unspecified atom stereocenters. The van der Waals surface area contributed by atoms with E-state index in [9.17, 15) is 19.1 Å². The van der Waals surface area contributed by atoms with Gasteiger partial charge < -0.3 is 15.6 Å². The first kappa shape index (κ1) is 17.1. The van der Waals surface area contributed by atoms with Crippen molar-refractivity contribution in [1.29, 1.82) is 0 Å². The first-order valence-corrected chi connectivity index (χ1v) is 6.70. The van der Waals surface area contributed by atoms with Crippen molar-refractivity contribution < 1.29 is 23.8 Å². The van der Waals surface area contributed by atoms with Crippen molar-refractivity contribution in [2.24, 2.45) is 11.7 Å². The van der Waals surface area contributed by atoms with Crippen molar-refractivity contribution in [3.8, 4) is 5.75 Å². The van der Waals surface area contributed by atoms with Crippen LogP contribution in [0.4, 0.5) is 4.39 Å². The lowest BCUT2D eigenvalue weighted by Gasteiger charge is -2.14. The van der Waals surface area contributed by atoms with Gasteiger partial charge in [0.05, 0.1) is 12.0 Å². The van der Waals surface area contributed by atoms with Gasteiger partial charge in [-0.15, -0.1) is 0 Å². The SMILES string of the molecule is CC(=O)[C@@H](N)CC[C@H](Cc1ccc(OCF)cc1)C(=O)O. The minimum absolute atomic E-state index is 0.146. The molecule has 21 heavy (non-hydrogen) atoms. The maximum Gasteiger partial charge on any atom is 0.306 e. The molecule has 0 aliphatic heterocycles. The molecule has 0 fully saturated rings. The summed E-state index contributed by atoms with van der Waals surface area (Å²) in [4.78, 5) is 22.3. The molecule has 116 valence electrons. The van der Waals surface area contributed by atoms with E-state index in [0.29, 0.717) is 25.0 Å². The summed E-state index contributed by atoms with van der Waals surface area (Å²) in [6.45, 7) is 0.490. The van der Waals surface area contributed by atoms with Crippen LogP contribution < -0.4 is 10.5 Å². The standard InChI is InChI=1S/C15H20FNO4/c1-10(18)14(17)7-4-12(15(19)20)8-11-2-5-13(6-3-11)21-9-16/h2-3,5-6,12,14H,4,7-9,17H2,1H3,(H,19,20)/t12-,14+/m1/s1. The first-order valence-electron chi connectivity index (χ1n) is 6.70. The van der Waals surface area contributed by atoms with E-state index in [4.69, 9.17) is 5.73 Å². The number of carbonyl (C=O) groups is 2. The van der Waals surface area contributed by atoms with Crippen molar-refractivity contribution in [3.63, 3.8) is 0 Å². The summed E-state index contributed by atoms with van der Waals surface area (Å²) in [6, 6.07) is 5.97. The van der Waals surface area contributed by atoms with Gasteiger partial charge in [-0.3, -0.25) is 9.59 Å². The van der Waals surface area contributed by atoms with E-state index in [0.717, 1.165) is 5.56 Å². The number of halogens is 1. The zero-order valence-electron chi connectivity index (χ0n) is 11.9. The lowest BCUT2D eigenvalue weighted by molar-refractivity contribution is -0.142. The van der Waals surface area contributed by atoms with Gasteiger partial charge in [-0.05, 0) is 43.9 Å². The van der Waals surface area contributed by atoms with Crippen molar-refractivity contribution in [2.75, 3.05) is 6.86 Å². The molecule has 5 nitrogen and oxygen atoms in total. The molecule has 0 aliphatic carbocycles. The van der Waals surface area contributed by atoms with Gasteiger partial charge in [-0.25, -0.2) is 4.39 Å². The second-order valence-corrected chi connectivity index (χ2v) is 4.93. The normalized spacial score (nSPS) is 13.5. The predicted octanol–water partition coefficient (Wildman–Crippen LogP) is 1.93. The van der Waals surface area contributed by atoms with E-state index in [2.05, 4.69) is 4.74 Å². The fourth-order valence-electron chi connectivity index (χ4n) is 1.97. The second kappa shape index (κ2) is 8.36. The van der Waals surface area contributed by atoms with Crippen molar-refractivity contribution in [2.45, 2.75) is 32.2 Å². The van der Waals surface area contributed by atoms with Crippen LogP contribution in [0.5, 0.6) is 5.75 Å². The Hall–Kier alpha value is -1.95. The molecule has 0 heterocycles. The van der Waals surface area contributed by atoms with Crippen LogP contribution in [0, 0.1) is 5.92 Å². The van der Waals surface area contributed by atoms with Crippen LogP contribution in [0.25, 0.3) is 0 Å². The number of alkyl halides is 1. The number of rotatable bonds is 9. The monoisotopic (exact) mass is 297 g/mol. The highest BCUT2D eigenvalue weighted by atomic mass is 19.1. The van der Waals surface area contributed by atoms with E-state index in [1.807, 2.05) is 0 Å². The molecule has 0 aliphatic rings. The number of carbonyl (C=O) groups excluding carboxylic acids is 1. The highest BCUT2D eigenvalue weighted by Crippen LogP contribution is 2.19. The zero-order chi connectivity index (χ0) is 15.8. The van der Waals surface area contributed by atoms with E-state index < -0.39 is 24.8 Å². The van der Waals surface area contributed by atoms with Crippen LogP contribution in [-0.4, -0.2) is 29.8 Å². The number of carboxylic acids is 1. The summed E-state index contributed by atoms with van der Waals surface area (Å²) in [7, 11) is 0. The van der Waals surface area contributed by atoms with Crippen LogP contribution >= 0.6 is 0 Å². The molecule has 0 bridgehead atoms. The van der Waals surface area contributed by atoms with Gasteiger partial charge in [0.2, 0.25) is 6.86 Å². The molecule has 1 rings (SSSR count). The molecule has 0 spiro atoms. The van der Waals surface area contributed by atoms with E-state index in [1.165, 1.54) is 6.92 Å². The van der Waals surface area contributed by atoms with Gasteiger partial charge in [0.15, 0.2) is 0 Å². The molecule has 3 N–H and O–H groups in total. The highest BCUT2D eigenvalue weighted by Gasteiger charge is 2.20. The summed E-state index contributed by atoms with van der Waals surface area (Å²) in [5, 5.41) is 9.22. The predicted molar refractivity (Wildman–Crippen MR) is 75.8 cm³/mol. The summed E-state index contributed by atoms with van der Waals surface area (Å²) in [5.74, 6) is -1.28. The fourth-order valence-corrected chi connectivity index (χ4v) is 1.97. The van der Waals surface area contributed by atoms with Crippen molar-refractivity contribution >= 4 is 11.8 Å². The summed E-state index contributed by atoms with van der Waals surface area (Å²) < 4.78 is 16.7. The Labute approximate surface area is 122 Å². The number of hydrogen-bond donors (Lipinski definition) is 2. The Kier molecular flexibility index (Phi) is 6.81. The maximum absolute atomic E-state index is 12.0. The highest BCUT2D eigenvalue weighted by molar-refractivity contribution is 5.81. The van der Waals surface area contributed by atoms with Crippen LogP contribution in [0.3, 0.4) is 0 Å². The van der Waals surface area contributed by atoms with Crippen LogP contribution in [-0.2, 0) is 16.0 Å². The van der Waals surface area contributed by atoms with Crippen LogP contribution in [0.1, 0.15) is 25.3 Å². The zero-order valence-corrected chi connectivity index (χ0v) is 11.9. The van der Waals surface area contributed by atoms with Gasteiger partial charge in [0, 0.05) is 0 Å². The van der Waals surface area contributed by atoms with Gasteiger partial charge in [0.25, 0.3) is 0 Å².